The molecule has 0 radical (unpaired) electrons. The van der Waals surface area contributed by atoms with Crippen LogP contribution in [0.3, 0.4) is 0 Å². The molecule has 1 aromatic carbocycles. The number of aryl methyl sites for hydroxylation is 1. The Bertz CT molecular complexity index is 883. The van der Waals surface area contributed by atoms with Gasteiger partial charge in [0, 0.05) is 27.7 Å². The summed E-state index contributed by atoms with van der Waals surface area (Å²) < 4.78 is 6.02. The monoisotopic (exact) mass is 328 g/mol. The van der Waals surface area contributed by atoms with Gasteiger partial charge < -0.3 is 10.1 Å². The Hall–Kier alpha value is -2.14. The number of benzene rings is 1. The van der Waals surface area contributed by atoms with Crippen LogP contribution in [0, 0.1) is 12.8 Å². The lowest BCUT2D eigenvalue weighted by molar-refractivity contribution is 0.0607. The number of esters is 1. The molecule has 2 aromatic heterocycles. The van der Waals surface area contributed by atoms with Crippen molar-refractivity contribution < 1.29 is 9.53 Å². The highest BCUT2D eigenvalue weighted by Gasteiger charge is 2.21. The van der Waals surface area contributed by atoms with Crippen molar-refractivity contribution in [3.63, 3.8) is 0 Å². The highest BCUT2D eigenvalue weighted by atomic mass is 32.1. The molecule has 0 atom stereocenters. The number of thiophene rings is 1. The van der Waals surface area contributed by atoms with E-state index >= 15 is 0 Å². The summed E-state index contributed by atoms with van der Waals surface area (Å²) in [7, 11) is 1.42. The molecule has 4 nitrogen and oxygen atoms in total. The molecule has 0 fully saturated rings. The third-order valence-electron chi connectivity index (χ3n) is 3.72. The molecule has 3 aromatic rings. The van der Waals surface area contributed by atoms with Gasteiger partial charge in [0.1, 0.15) is 4.88 Å². The van der Waals surface area contributed by atoms with Gasteiger partial charge in [-0.05, 0) is 31.0 Å². The second-order valence-electron chi connectivity index (χ2n) is 6.03. The second kappa shape index (κ2) is 6.16. The first-order chi connectivity index (χ1) is 11.0. The molecule has 23 heavy (non-hydrogen) atoms. The molecule has 3 rings (SSSR count). The summed E-state index contributed by atoms with van der Waals surface area (Å²) in [6, 6.07) is 8.12. The fourth-order valence-electron chi connectivity index (χ4n) is 2.61. The van der Waals surface area contributed by atoms with E-state index in [1.54, 1.807) is 0 Å². The van der Waals surface area contributed by atoms with E-state index in [4.69, 9.17) is 4.74 Å². The second-order valence-corrected chi connectivity index (χ2v) is 7.08. The Labute approximate surface area is 139 Å². The molecule has 5 heteroatoms. The predicted octanol–water partition coefficient (Wildman–Crippen LogP) is 4.61. The van der Waals surface area contributed by atoms with E-state index in [2.05, 4.69) is 30.2 Å². The molecular weight excluding hydrogens is 308 g/mol. The maximum absolute atomic E-state index is 12.2. The number of aromatic nitrogens is 1. The van der Waals surface area contributed by atoms with Crippen LogP contribution in [-0.4, -0.2) is 24.6 Å². The molecule has 0 spiro atoms. The van der Waals surface area contributed by atoms with Gasteiger partial charge >= 0.3 is 5.97 Å². The Morgan fingerprint density at radius 3 is 2.78 bits per heavy atom. The number of nitrogens with one attached hydrogen (secondary N) is 1. The fourth-order valence-corrected chi connectivity index (χ4v) is 3.73. The minimum atomic E-state index is -0.300. The predicted molar refractivity (Wildman–Crippen MR) is 96.5 cm³/mol. The van der Waals surface area contributed by atoms with Gasteiger partial charge in [-0.2, -0.15) is 0 Å². The number of ether oxygens (including phenoxy) is 1. The molecule has 120 valence electrons. The minimum Gasteiger partial charge on any atom is -0.465 e. The molecular formula is C18H20N2O2S. The zero-order chi connectivity index (χ0) is 16.6. The van der Waals surface area contributed by atoms with Gasteiger partial charge in [0.25, 0.3) is 0 Å². The Kier molecular flexibility index (Phi) is 4.22. The van der Waals surface area contributed by atoms with E-state index in [0.29, 0.717) is 10.8 Å². The zero-order valence-corrected chi connectivity index (χ0v) is 14.6. The first-order valence-electron chi connectivity index (χ1n) is 7.66. The third-order valence-corrected chi connectivity index (χ3v) is 4.85. The number of hydrogen-bond donors (Lipinski definition) is 1. The standard InChI is InChI=1S/C18H20N2O2S/c1-10(2)9-19-16-15-12-6-5-11(3)20-13(12)7-8-14(15)23-17(16)18(21)22-4/h5-8,10,19H,9H2,1-4H3. The number of pyridine rings is 1. The van der Waals surface area contributed by atoms with Gasteiger partial charge in [0.15, 0.2) is 0 Å². The quantitative estimate of drug-likeness (QED) is 0.710. The number of methoxy groups -OCH3 is 1. The number of hydrogen-bond acceptors (Lipinski definition) is 5. The average Bonchev–Trinajstić information content (AvgIpc) is 2.90. The number of anilines is 1. The maximum Gasteiger partial charge on any atom is 0.350 e. The Morgan fingerprint density at radius 1 is 1.30 bits per heavy atom. The molecule has 0 saturated heterocycles. The van der Waals surface area contributed by atoms with Crippen molar-refractivity contribution in [2.45, 2.75) is 20.8 Å². The highest BCUT2D eigenvalue weighted by Crippen LogP contribution is 2.40. The lowest BCUT2D eigenvalue weighted by Gasteiger charge is -2.11. The fraction of sp³-hybridized carbons (Fsp3) is 0.333. The van der Waals surface area contributed by atoms with Crippen molar-refractivity contribution in [1.82, 2.24) is 4.98 Å². The van der Waals surface area contributed by atoms with E-state index in [9.17, 15) is 4.79 Å². The topological polar surface area (TPSA) is 51.2 Å². The average molecular weight is 328 g/mol. The lowest BCUT2D eigenvalue weighted by Crippen LogP contribution is -2.11. The summed E-state index contributed by atoms with van der Waals surface area (Å²) in [5.74, 6) is 0.177. The number of carbonyl (C=O) groups is 1. The molecule has 0 unspecified atom stereocenters. The molecule has 0 aliphatic heterocycles. The molecule has 0 saturated carbocycles. The van der Waals surface area contributed by atoms with Crippen LogP contribution in [0.1, 0.15) is 29.2 Å². The van der Waals surface area contributed by atoms with Crippen LogP contribution >= 0.6 is 11.3 Å². The Morgan fingerprint density at radius 2 is 2.09 bits per heavy atom. The first kappa shape index (κ1) is 15.7. The van der Waals surface area contributed by atoms with Crippen LogP contribution in [0.25, 0.3) is 21.0 Å². The van der Waals surface area contributed by atoms with E-state index < -0.39 is 0 Å². The maximum atomic E-state index is 12.2. The zero-order valence-electron chi connectivity index (χ0n) is 13.8. The summed E-state index contributed by atoms with van der Waals surface area (Å²) in [4.78, 5) is 17.4. The largest absolute Gasteiger partial charge is 0.465 e. The van der Waals surface area contributed by atoms with Crippen molar-refractivity contribution in [2.24, 2.45) is 5.92 Å². The van der Waals surface area contributed by atoms with Gasteiger partial charge in [-0.15, -0.1) is 11.3 Å². The van der Waals surface area contributed by atoms with Crippen LogP contribution in [0.5, 0.6) is 0 Å². The van der Waals surface area contributed by atoms with Crippen molar-refractivity contribution in [2.75, 3.05) is 19.0 Å². The van der Waals surface area contributed by atoms with Crippen LogP contribution in [0.4, 0.5) is 5.69 Å². The molecule has 0 aliphatic carbocycles. The number of rotatable bonds is 4. The number of nitrogens with zero attached hydrogens (tertiary/aromatic N) is 1. The third kappa shape index (κ3) is 2.88. The summed E-state index contributed by atoms with van der Waals surface area (Å²) in [6.45, 7) is 7.06. The summed E-state index contributed by atoms with van der Waals surface area (Å²) >= 11 is 1.46. The van der Waals surface area contributed by atoms with Gasteiger partial charge in [-0.25, -0.2) is 4.79 Å². The number of fused-ring (bicyclic) bond motifs is 3. The summed E-state index contributed by atoms with van der Waals surface area (Å²) in [6.07, 6.45) is 0. The lowest BCUT2D eigenvalue weighted by atomic mass is 10.1. The molecule has 2 heterocycles. The van der Waals surface area contributed by atoms with Crippen LogP contribution in [0.15, 0.2) is 24.3 Å². The SMILES string of the molecule is COC(=O)c1sc2ccc3nc(C)ccc3c2c1NCC(C)C. The van der Waals surface area contributed by atoms with Gasteiger partial charge in [-0.1, -0.05) is 19.9 Å². The van der Waals surface area contributed by atoms with Crippen LogP contribution < -0.4 is 5.32 Å². The summed E-state index contributed by atoms with van der Waals surface area (Å²) in [5.41, 5.74) is 2.79. The molecule has 0 bridgehead atoms. The van der Waals surface area contributed by atoms with E-state index in [1.165, 1.54) is 18.4 Å². The normalized spacial score (nSPS) is 11.3. The molecule has 1 N–H and O–H groups in total. The first-order valence-corrected chi connectivity index (χ1v) is 8.48. The Balaban J connectivity index is 2.29. The van der Waals surface area contributed by atoms with Crippen molar-refractivity contribution in [3.8, 4) is 0 Å². The smallest absolute Gasteiger partial charge is 0.350 e. The van der Waals surface area contributed by atoms with Gasteiger partial charge in [0.05, 0.1) is 18.3 Å². The van der Waals surface area contributed by atoms with E-state index in [1.807, 2.05) is 25.1 Å². The summed E-state index contributed by atoms with van der Waals surface area (Å²) in [5, 5.41) is 5.56. The van der Waals surface area contributed by atoms with Gasteiger partial charge in [-0.3, -0.25) is 4.98 Å². The van der Waals surface area contributed by atoms with Crippen molar-refractivity contribution in [3.05, 3.63) is 34.8 Å². The molecule has 0 amide bonds. The van der Waals surface area contributed by atoms with Crippen LogP contribution in [-0.2, 0) is 4.74 Å². The van der Waals surface area contributed by atoms with Gasteiger partial charge in [0.2, 0.25) is 0 Å². The minimum absolute atomic E-state index is 0.300. The van der Waals surface area contributed by atoms with Crippen LogP contribution in [0.2, 0.25) is 0 Å². The highest BCUT2D eigenvalue weighted by molar-refractivity contribution is 7.21. The number of carbonyl (C=O) groups excluding carboxylic acids is 1. The van der Waals surface area contributed by atoms with Crippen molar-refractivity contribution in [1.29, 1.82) is 0 Å². The van der Waals surface area contributed by atoms with E-state index in [-0.39, 0.29) is 5.97 Å². The molecule has 0 aliphatic rings. The van der Waals surface area contributed by atoms with E-state index in [0.717, 1.165) is 38.9 Å². The van der Waals surface area contributed by atoms with Crippen molar-refractivity contribution >= 4 is 44.0 Å².